The van der Waals surface area contributed by atoms with Crippen molar-refractivity contribution >= 4 is 40.1 Å². The van der Waals surface area contributed by atoms with Gasteiger partial charge in [-0.3, -0.25) is 14.4 Å². The van der Waals surface area contributed by atoms with E-state index in [9.17, 15) is 4.79 Å². The molecule has 0 saturated carbocycles. The van der Waals surface area contributed by atoms with Gasteiger partial charge >= 0.3 is 0 Å². The Bertz CT molecular complexity index is 1640. The van der Waals surface area contributed by atoms with Gasteiger partial charge in [-0.15, -0.1) is 0 Å². The lowest BCUT2D eigenvalue weighted by Gasteiger charge is -2.17. The van der Waals surface area contributed by atoms with E-state index < -0.39 is 0 Å². The number of aromatic nitrogens is 7. The van der Waals surface area contributed by atoms with E-state index in [-0.39, 0.29) is 11.9 Å². The predicted molar refractivity (Wildman–Crippen MR) is 154 cm³/mol. The Morgan fingerprint density at radius 2 is 2.08 bits per heavy atom. The summed E-state index contributed by atoms with van der Waals surface area (Å²) < 4.78 is 1.80. The summed E-state index contributed by atoms with van der Waals surface area (Å²) in [5.74, 6) is 1.90. The standard InChI is InChI=1S/C28H31N11O/c1-17-12-31-28(35-24-11-18(2)38(3)37-24)36-26(17)21-13-30-27-20(21)5-4-6-22(27)34-25(40)15-39-10-8-19(14-39)33-23-7-9-29-16-32-23/h4-7,9,11-13,16,19,30H,8,10,14-15H2,1-3H3,(H,34,40)(H,29,32,33)(H,31,35,36,37)/t19-/m0/s1. The number of nitrogens with zero attached hydrogens (tertiary/aromatic N) is 7. The Morgan fingerprint density at radius 1 is 1.18 bits per heavy atom. The zero-order valence-electron chi connectivity index (χ0n) is 22.6. The van der Waals surface area contributed by atoms with E-state index in [0.717, 1.165) is 64.4 Å². The van der Waals surface area contributed by atoms with Crippen LogP contribution in [0, 0.1) is 13.8 Å². The highest BCUT2D eigenvalue weighted by atomic mass is 16.2. The summed E-state index contributed by atoms with van der Waals surface area (Å²) in [5, 5.41) is 15.1. The molecule has 0 radical (unpaired) electrons. The van der Waals surface area contributed by atoms with Crippen molar-refractivity contribution in [3.8, 4) is 11.3 Å². The van der Waals surface area contributed by atoms with Crippen molar-refractivity contribution in [2.24, 2.45) is 7.05 Å². The van der Waals surface area contributed by atoms with Crippen molar-refractivity contribution in [3.63, 3.8) is 0 Å². The first kappa shape index (κ1) is 25.4. The first-order valence-electron chi connectivity index (χ1n) is 13.2. The third-order valence-electron chi connectivity index (χ3n) is 7.14. The highest BCUT2D eigenvalue weighted by Crippen LogP contribution is 2.33. The molecular weight excluding hydrogens is 506 g/mol. The summed E-state index contributed by atoms with van der Waals surface area (Å²) >= 11 is 0. The molecule has 1 atom stereocenters. The van der Waals surface area contributed by atoms with Crippen LogP contribution in [0.2, 0.25) is 0 Å². The van der Waals surface area contributed by atoms with Gasteiger partial charge in [-0.25, -0.2) is 19.9 Å². The number of aryl methyl sites for hydroxylation is 3. The van der Waals surface area contributed by atoms with Gasteiger partial charge in [-0.05, 0) is 38.0 Å². The maximum atomic E-state index is 13.0. The van der Waals surface area contributed by atoms with Gasteiger partial charge in [0.05, 0.1) is 23.4 Å². The fourth-order valence-electron chi connectivity index (χ4n) is 5.04. The number of hydrogen-bond donors (Lipinski definition) is 4. The van der Waals surface area contributed by atoms with E-state index in [1.54, 1.807) is 17.1 Å². The minimum Gasteiger partial charge on any atom is -0.366 e. The zero-order chi connectivity index (χ0) is 27.6. The third-order valence-corrected chi connectivity index (χ3v) is 7.14. The number of hydrogen-bond acceptors (Lipinski definition) is 9. The maximum absolute atomic E-state index is 13.0. The molecule has 4 N–H and O–H groups in total. The second-order valence-electron chi connectivity index (χ2n) is 10.1. The summed E-state index contributed by atoms with van der Waals surface area (Å²) in [6.07, 6.45) is 7.91. The van der Waals surface area contributed by atoms with Crippen LogP contribution >= 0.6 is 0 Å². The Balaban J connectivity index is 1.15. The molecule has 5 heterocycles. The van der Waals surface area contributed by atoms with Crippen LogP contribution in [-0.2, 0) is 11.8 Å². The molecule has 6 rings (SSSR count). The van der Waals surface area contributed by atoms with Crippen LogP contribution < -0.4 is 16.0 Å². The Labute approximate surface area is 231 Å². The van der Waals surface area contributed by atoms with Gasteiger partial charge in [0.15, 0.2) is 5.82 Å². The molecule has 12 heteroatoms. The van der Waals surface area contributed by atoms with Gasteiger partial charge in [0, 0.05) is 67.5 Å². The number of benzene rings is 1. The average Bonchev–Trinajstić information content (AvgIpc) is 3.65. The summed E-state index contributed by atoms with van der Waals surface area (Å²) in [6, 6.07) is 9.92. The topological polar surface area (TPSA) is 142 Å². The van der Waals surface area contributed by atoms with Crippen LogP contribution in [0.3, 0.4) is 0 Å². The van der Waals surface area contributed by atoms with E-state index in [2.05, 4.69) is 45.9 Å². The maximum Gasteiger partial charge on any atom is 0.238 e. The van der Waals surface area contributed by atoms with E-state index in [1.807, 2.05) is 57.4 Å². The van der Waals surface area contributed by atoms with Crippen LogP contribution in [0.1, 0.15) is 17.7 Å². The van der Waals surface area contributed by atoms with Crippen LogP contribution in [0.25, 0.3) is 22.2 Å². The molecule has 1 aromatic carbocycles. The first-order valence-corrected chi connectivity index (χ1v) is 13.2. The van der Waals surface area contributed by atoms with Gasteiger partial charge in [0.2, 0.25) is 11.9 Å². The number of nitrogens with one attached hydrogen (secondary N) is 4. The Kier molecular flexibility index (Phi) is 6.83. The molecular formula is C28H31N11O. The number of carbonyl (C=O) groups is 1. The van der Waals surface area contributed by atoms with Crippen molar-refractivity contribution < 1.29 is 4.79 Å². The number of rotatable bonds is 8. The van der Waals surface area contributed by atoms with Gasteiger partial charge in [-0.1, -0.05) is 12.1 Å². The third kappa shape index (κ3) is 5.34. The summed E-state index contributed by atoms with van der Waals surface area (Å²) in [7, 11) is 1.89. The molecule has 1 fully saturated rings. The molecule has 0 spiro atoms. The van der Waals surface area contributed by atoms with Crippen LogP contribution in [-0.4, -0.2) is 71.2 Å². The fraction of sp³-hybridized carbons (Fsp3) is 0.286. The molecule has 1 aliphatic heterocycles. The van der Waals surface area contributed by atoms with Crippen molar-refractivity contribution in [2.45, 2.75) is 26.3 Å². The minimum absolute atomic E-state index is 0.0540. The molecule has 1 saturated heterocycles. The molecule has 0 bridgehead atoms. The van der Waals surface area contributed by atoms with Gasteiger partial charge in [0.1, 0.15) is 12.1 Å². The van der Waals surface area contributed by atoms with Crippen LogP contribution in [0.5, 0.6) is 0 Å². The first-order chi connectivity index (χ1) is 19.4. The van der Waals surface area contributed by atoms with E-state index in [4.69, 9.17) is 4.98 Å². The molecule has 4 aromatic heterocycles. The lowest BCUT2D eigenvalue weighted by molar-refractivity contribution is -0.117. The van der Waals surface area contributed by atoms with Gasteiger partial charge in [-0.2, -0.15) is 5.10 Å². The molecule has 0 unspecified atom stereocenters. The fourth-order valence-corrected chi connectivity index (χ4v) is 5.04. The zero-order valence-corrected chi connectivity index (χ0v) is 22.6. The lowest BCUT2D eigenvalue weighted by atomic mass is 10.1. The monoisotopic (exact) mass is 537 g/mol. The van der Waals surface area contributed by atoms with Gasteiger partial charge in [0.25, 0.3) is 0 Å². The Morgan fingerprint density at radius 3 is 2.88 bits per heavy atom. The van der Waals surface area contributed by atoms with E-state index in [1.165, 1.54) is 6.33 Å². The van der Waals surface area contributed by atoms with Crippen molar-refractivity contribution in [1.29, 1.82) is 0 Å². The van der Waals surface area contributed by atoms with Crippen LogP contribution in [0.15, 0.2) is 55.2 Å². The highest BCUT2D eigenvalue weighted by Gasteiger charge is 2.24. The predicted octanol–water partition coefficient (Wildman–Crippen LogP) is 3.63. The molecule has 1 amide bonds. The van der Waals surface area contributed by atoms with E-state index >= 15 is 0 Å². The summed E-state index contributed by atoms with van der Waals surface area (Å²) in [5.41, 5.74) is 5.30. The van der Waals surface area contributed by atoms with E-state index in [0.29, 0.717) is 18.3 Å². The smallest absolute Gasteiger partial charge is 0.238 e. The SMILES string of the molecule is Cc1cnc(Nc2cc(C)n(C)n2)nc1-c1c[nH]c2c(NC(=O)CN3CC[C@H](Nc4ccncn4)C3)cccc12. The summed E-state index contributed by atoms with van der Waals surface area (Å²) in [4.78, 5) is 35.9. The molecule has 5 aromatic rings. The summed E-state index contributed by atoms with van der Waals surface area (Å²) in [6.45, 7) is 5.91. The second kappa shape index (κ2) is 10.7. The number of amides is 1. The van der Waals surface area contributed by atoms with Crippen molar-refractivity contribution in [3.05, 3.63) is 66.5 Å². The molecule has 1 aliphatic rings. The van der Waals surface area contributed by atoms with Crippen molar-refractivity contribution in [2.75, 3.05) is 35.6 Å². The van der Waals surface area contributed by atoms with Crippen molar-refractivity contribution in [1.82, 2.24) is 39.6 Å². The number of carbonyl (C=O) groups excluding carboxylic acids is 1. The number of likely N-dealkylation sites (tertiary alicyclic amines) is 1. The average molecular weight is 538 g/mol. The Hall–Kier alpha value is -4.84. The lowest BCUT2D eigenvalue weighted by Crippen LogP contribution is -2.33. The quantitative estimate of drug-likeness (QED) is 0.233. The largest absolute Gasteiger partial charge is 0.366 e. The number of H-pyrrole nitrogens is 1. The number of fused-ring (bicyclic) bond motifs is 1. The number of para-hydroxylation sites is 1. The highest BCUT2D eigenvalue weighted by molar-refractivity contribution is 6.06. The second-order valence-corrected chi connectivity index (χ2v) is 10.1. The molecule has 0 aliphatic carbocycles. The number of aromatic amines is 1. The minimum atomic E-state index is -0.0540. The normalized spacial score (nSPS) is 15.4. The molecule has 204 valence electrons. The van der Waals surface area contributed by atoms with Crippen LogP contribution in [0.4, 0.5) is 23.3 Å². The number of anilines is 4. The van der Waals surface area contributed by atoms with Gasteiger partial charge < -0.3 is 20.9 Å². The molecule has 40 heavy (non-hydrogen) atoms. The molecule has 12 nitrogen and oxygen atoms in total.